The van der Waals surface area contributed by atoms with Crippen LogP contribution in [0.5, 0.6) is 0 Å². The van der Waals surface area contributed by atoms with Gasteiger partial charge in [-0.2, -0.15) is 0 Å². The van der Waals surface area contributed by atoms with Gasteiger partial charge in [-0.05, 0) is 36.1 Å². The Balaban J connectivity index is 1.92. The molecule has 0 saturated heterocycles. The molecule has 0 radical (unpaired) electrons. The van der Waals surface area contributed by atoms with Gasteiger partial charge in [-0.1, -0.05) is 36.4 Å². The highest BCUT2D eigenvalue weighted by atomic mass is 16.4. The molecule has 0 atom stereocenters. The van der Waals surface area contributed by atoms with Gasteiger partial charge in [0, 0.05) is 18.8 Å². The maximum Gasteiger partial charge on any atom is 0.336 e. The minimum Gasteiger partial charge on any atom is -0.478 e. The quantitative estimate of drug-likeness (QED) is 0.927. The number of hydrogen-bond donors (Lipinski definition) is 1. The maximum atomic E-state index is 11.3. The van der Waals surface area contributed by atoms with E-state index in [0.29, 0.717) is 12.1 Å². The summed E-state index contributed by atoms with van der Waals surface area (Å²) in [4.78, 5) is 13.6. The minimum atomic E-state index is -0.856. The van der Waals surface area contributed by atoms with Gasteiger partial charge >= 0.3 is 5.97 Å². The van der Waals surface area contributed by atoms with Crippen LogP contribution in [0.3, 0.4) is 0 Å². The summed E-state index contributed by atoms with van der Waals surface area (Å²) in [6, 6.07) is 15.6. The number of anilines is 1. The summed E-state index contributed by atoms with van der Waals surface area (Å²) in [5.74, 6) is -0.856. The van der Waals surface area contributed by atoms with Gasteiger partial charge < -0.3 is 10.0 Å². The largest absolute Gasteiger partial charge is 0.478 e. The van der Waals surface area contributed by atoms with E-state index in [9.17, 15) is 9.90 Å². The second-order valence-corrected chi connectivity index (χ2v) is 5.12. The maximum absolute atomic E-state index is 11.3. The van der Waals surface area contributed by atoms with Crippen molar-refractivity contribution in [2.45, 2.75) is 19.4 Å². The van der Waals surface area contributed by atoms with Gasteiger partial charge in [0.15, 0.2) is 0 Å². The molecular weight excluding hydrogens is 250 g/mol. The molecule has 102 valence electrons. The molecule has 2 aromatic carbocycles. The molecule has 0 aromatic heterocycles. The number of carboxylic acid groups (broad SMARTS) is 1. The number of aryl methyl sites for hydroxylation is 1. The molecule has 0 saturated carbocycles. The number of para-hydroxylation sites is 1. The van der Waals surface area contributed by atoms with Crippen LogP contribution in [0.4, 0.5) is 5.69 Å². The second-order valence-electron chi connectivity index (χ2n) is 5.12. The normalized spacial score (nSPS) is 13.9. The molecule has 1 aliphatic heterocycles. The van der Waals surface area contributed by atoms with Crippen LogP contribution in [0.25, 0.3) is 0 Å². The van der Waals surface area contributed by atoms with Crippen molar-refractivity contribution in [2.75, 3.05) is 11.4 Å². The van der Waals surface area contributed by atoms with Crippen LogP contribution >= 0.6 is 0 Å². The number of aromatic carboxylic acids is 1. The van der Waals surface area contributed by atoms with E-state index in [1.165, 1.54) is 11.3 Å². The van der Waals surface area contributed by atoms with E-state index in [-0.39, 0.29) is 0 Å². The third kappa shape index (κ3) is 2.39. The summed E-state index contributed by atoms with van der Waals surface area (Å²) < 4.78 is 0. The molecule has 1 aliphatic rings. The lowest BCUT2D eigenvalue weighted by Gasteiger charge is -2.31. The van der Waals surface area contributed by atoms with Crippen LogP contribution in [0, 0.1) is 0 Å². The first-order chi connectivity index (χ1) is 9.75. The average molecular weight is 267 g/mol. The minimum absolute atomic E-state index is 0.399. The van der Waals surface area contributed by atoms with Gasteiger partial charge in [-0.15, -0.1) is 0 Å². The Hall–Kier alpha value is -2.29. The molecule has 0 spiro atoms. The van der Waals surface area contributed by atoms with E-state index < -0.39 is 5.97 Å². The number of carboxylic acids is 1. The highest BCUT2D eigenvalue weighted by Gasteiger charge is 2.18. The molecular formula is C17H17NO2. The monoisotopic (exact) mass is 267 g/mol. The summed E-state index contributed by atoms with van der Waals surface area (Å²) in [6.07, 6.45) is 2.22. The van der Waals surface area contributed by atoms with Gasteiger partial charge in [0.05, 0.1) is 5.56 Å². The molecule has 0 bridgehead atoms. The summed E-state index contributed by atoms with van der Waals surface area (Å²) >= 11 is 0. The Morgan fingerprint density at radius 1 is 1.10 bits per heavy atom. The Morgan fingerprint density at radius 3 is 2.70 bits per heavy atom. The average Bonchev–Trinajstić information content (AvgIpc) is 2.48. The van der Waals surface area contributed by atoms with E-state index >= 15 is 0 Å². The standard InChI is InChI=1S/C17H17NO2/c19-17(20)15-9-3-1-7-14(15)12-18-11-5-8-13-6-2-4-10-16(13)18/h1-4,6-7,9-10H,5,8,11-12H2,(H,19,20). The van der Waals surface area contributed by atoms with Crippen molar-refractivity contribution in [3.05, 3.63) is 65.2 Å². The van der Waals surface area contributed by atoms with Crippen molar-refractivity contribution >= 4 is 11.7 Å². The van der Waals surface area contributed by atoms with E-state index in [1.54, 1.807) is 12.1 Å². The summed E-state index contributed by atoms with van der Waals surface area (Å²) in [5, 5.41) is 9.27. The topological polar surface area (TPSA) is 40.5 Å². The summed E-state index contributed by atoms with van der Waals surface area (Å²) in [6.45, 7) is 1.63. The summed E-state index contributed by atoms with van der Waals surface area (Å²) in [5.41, 5.74) is 3.86. The molecule has 0 fully saturated rings. The van der Waals surface area contributed by atoms with Crippen LogP contribution in [-0.4, -0.2) is 17.6 Å². The van der Waals surface area contributed by atoms with Gasteiger partial charge in [0.25, 0.3) is 0 Å². The number of nitrogens with zero attached hydrogens (tertiary/aromatic N) is 1. The first-order valence-electron chi connectivity index (χ1n) is 6.90. The summed E-state index contributed by atoms with van der Waals surface area (Å²) in [7, 11) is 0. The zero-order chi connectivity index (χ0) is 13.9. The van der Waals surface area contributed by atoms with Crippen LogP contribution in [-0.2, 0) is 13.0 Å². The third-order valence-electron chi connectivity index (χ3n) is 3.82. The fourth-order valence-electron chi connectivity index (χ4n) is 2.85. The number of fused-ring (bicyclic) bond motifs is 1. The number of hydrogen-bond acceptors (Lipinski definition) is 2. The molecule has 0 unspecified atom stereocenters. The van der Waals surface area contributed by atoms with Crippen molar-refractivity contribution in [3.8, 4) is 0 Å². The highest BCUT2D eigenvalue weighted by molar-refractivity contribution is 5.89. The second kappa shape index (κ2) is 5.37. The van der Waals surface area contributed by atoms with Gasteiger partial charge in [0.2, 0.25) is 0 Å². The third-order valence-corrected chi connectivity index (χ3v) is 3.82. The van der Waals surface area contributed by atoms with Crippen molar-refractivity contribution in [1.29, 1.82) is 0 Å². The Kier molecular flexibility index (Phi) is 3.42. The number of carbonyl (C=O) groups is 1. The predicted octanol–water partition coefficient (Wildman–Crippen LogP) is 3.34. The lowest BCUT2D eigenvalue weighted by molar-refractivity contribution is 0.0695. The van der Waals surface area contributed by atoms with Gasteiger partial charge in [0.1, 0.15) is 0 Å². The molecule has 1 heterocycles. The van der Waals surface area contributed by atoms with Crippen molar-refractivity contribution in [3.63, 3.8) is 0 Å². The Bertz CT molecular complexity index is 636. The zero-order valence-electron chi connectivity index (χ0n) is 11.2. The van der Waals surface area contributed by atoms with Crippen LogP contribution in [0.1, 0.15) is 27.9 Å². The van der Waals surface area contributed by atoms with E-state index in [4.69, 9.17) is 0 Å². The molecule has 0 aliphatic carbocycles. The molecule has 20 heavy (non-hydrogen) atoms. The van der Waals surface area contributed by atoms with Crippen LogP contribution < -0.4 is 4.90 Å². The fourth-order valence-corrected chi connectivity index (χ4v) is 2.85. The van der Waals surface area contributed by atoms with Gasteiger partial charge in [-0.3, -0.25) is 0 Å². The van der Waals surface area contributed by atoms with Crippen molar-refractivity contribution in [1.82, 2.24) is 0 Å². The molecule has 2 aromatic rings. The van der Waals surface area contributed by atoms with Crippen molar-refractivity contribution < 1.29 is 9.90 Å². The lowest BCUT2D eigenvalue weighted by atomic mass is 10.00. The number of rotatable bonds is 3. The zero-order valence-corrected chi connectivity index (χ0v) is 11.2. The Labute approximate surface area is 118 Å². The molecule has 0 amide bonds. The van der Waals surface area contributed by atoms with E-state index in [1.807, 2.05) is 18.2 Å². The smallest absolute Gasteiger partial charge is 0.336 e. The number of benzene rings is 2. The van der Waals surface area contributed by atoms with Crippen molar-refractivity contribution in [2.24, 2.45) is 0 Å². The molecule has 3 nitrogen and oxygen atoms in total. The van der Waals surface area contributed by atoms with Gasteiger partial charge in [-0.25, -0.2) is 4.79 Å². The van der Waals surface area contributed by atoms with E-state index in [2.05, 4.69) is 23.1 Å². The first-order valence-corrected chi connectivity index (χ1v) is 6.90. The Morgan fingerprint density at radius 2 is 1.85 bits per heavy atom. The van der Waals surface area contributed by atoms with E-state index in [0.717, 1.165) is 24.9 Å². The molecule has 1 N–H and O–H groups in total. The van der Waals surface area contributed by atoms with Crippen LogP contribution in [0.15, 0.2) is 48.5 Å². The first kappa shape index (κ1) is 12.7. The predicted molar refractivity (Wildman–Crippen MR) is 79.2 cm³/mol. The SMILES string of the molecule is O=C(O)c1ccccc1CN1CCCc2ccccc21. The fraction of sp³-hybridized carbons (Fsp3) is 0.235. The highest BCUT2D eigenvalue weighted by Crippen LogP contribution is 2.28. The van der Waals surface area contributed by atoms with Crippen LogP contribution in [0.2, 0.25) is 0 Å². The molecule has 3 heteroatoms. The lowest BCUT2D eigenvalue weighted by Crippen LogP contribution is -2.29. The molecule has 3 rings (SSSR count).